The van der Waals surface area contributed by atoms with Gasteiger partial charge in [-0.25, -0.2) is 4.39 Å². The van der Waals surface area contributed by atoms with Crippen molar-refractivity contribution in [1.82, 2.24) is 10.1 Å². The smallest absolute Gasteiger partial charge is 0.259 e. The minimum atomic E-state index is -0.268. The van der Waals surface area contributed by atoms with Crippen molar-refractivity contribution in [2.24, 2.45) is 10.7 Å². The second-order valence-corrected chi connectivity index (χ2v) is 6.62. The first-order valence-corrected chi connectivity index (χ1v) is 8.93. The van der Waals surface area contributed by atoms with Crippen LogP contribution in [0.2, 0.25) is 0 Å². The van der Waals surface area contributed by atoms with Crippen molar-refractivity contribution in [3.8, 4) is 11.1 Å². The topological polar surface area (TPSA) is 87.9 Å². The summed E-state index contributed by atoms with van der Waals surface area (Å²) in [6, 6.07) is 14.6. The zero-order valence-electron chi connectivity index (χ0n) is 15.9. The predicted octanol–water partition coefficient (Wildman–Crippen LogP) is 3.27. The monoisotopic (exact) mass is 382 g/mol. The molecule has 6 nitrogen and oxygen atoms in total. The molecule has 3 rings (SSSR count). The van der Waals surface area contributed by atoms with E-state index in [1.165, 1.54) is 6.07 Å². The van der Waals surface area contributed by atoms with Gasteiger partial charge in [0.15, 0.2) is 5.96 Å². The third-order valence-corrected chi connectivity index (χ3v) is 4.45. The lowest BCUT2D eigenvalue weighted by atomic mass is 10.0. The van der Waals surface area contributed by atoms with E-state index in [0.717, 1.165) is 11.1 Å². The average Bonchev–Trinajstić information content (AvgIpc) is 3.08. The first-order valence-electron chi connectivity index (χ1n) is 8.93. The molecule has 0 aliphatic heterocycles. The summed E-state index contributed by atoms with van der Waals surface area (Å²) in [5.74, 6) is 0.167. The molecule has 0 aliphatic carbocycles. The Bertz CT molecular complexity index is 968. The lowest BCUT2D eigenvalue weighted by Crippen LogP contribution is -2.29. The Morgan fingerprint density at radius 2 is 1.93 bits per heavy atom. The van der Waals surface area contributed by atoms with Crippen LogP contribution in [0.5, 0.6) is 0 Å². The van der Waals surface area contributed by atoms with Crippen molar-refractivity contribution < 1.29 is 14.0 Å². The van der Waals surface area contributed by atoms with Gasteiger partial charge < -0.3 is 20.3 Å². The predicted molar refractivity (Wildman–Crippen MR) is 107 cm³/mol. The van der Waals surface area contributed by atoms with E-state index in [4.69, 9.17) is 10.3 Å². The summed E-state index contributed by atoms with van der Waals surface area (Å²) in [5.41, 5.74) is 9.11. The lowest BCUT2D eigenvalue weighted by molar-refractivity contribution is 0.280. The van der Waals surface area contributed by atoms with Gasteiger partial charge >= 0.3 is 0 Å². The average molecular weight is 382 g/mol. The van der Waals surface area contributed by atoms with E-state index in [9.17, 15) is 9.50 Å². The molecule has 1 aromatic heterocycles. The number of hydrogen-bond acceptors (Lipinski definition) is 4. The number of guanidine groups is 1. The zero-order valence-corrected chi connectivity index (χ0v) is 15.9. The van der Waals surface area contributed by atoms with E-state index in [0.29, 0.717) is 29.7 Å². The molecule has 0 saturated heterocycles. The second kappa shape index (κ2) is 8.67. The molecule has 28 heavy (non-hydrogen) atoms. The van der Waals surface area contributed by atoms with Crippen molar-refractivity contribution >= 4 is 11.8 Å². The molecule has 0 aliphatic rings. The molecular formula is C21H23FN4O2. The Balaban J connectivity index is 1.75. The quantitative estimate of drug-likeness (QED) is 0.505. The van der Waals surface area contributed by atoms with Crippen LogP contribution >= 0.6 is 0 Å². The number of nitrogens with two attached hydrogens (primary N) is 1. The van der Waals surface area contributed by atoms with Crippen molar-refractivity contribution in [2.45, 2.75) is 19.4 Å². The summed E-state index contributed by atoms with van der Waals surface area (Å²) in [5, 5.41) is 13.7. The van der Waals surface area contributed by atoms with Crippen LogP contribution < -0.4 is 5.73 Å². The van der Waals surface area contributed by atoms with Gasteiger partial charge in [-0.15, -0.1) is 0 Å². The number of aromatic nitrogens is 1. The Morgan fingerprint density at radius 1 is 1.18 bits per heavy atom. The number of aliphatic hydroxyl groups is 1. The molecule has 3 N–H and O–H groups in total. The number of benzene rings is 2. The van der Waals surface area contributed by atoms with E-state index in [-0.39, 0.29) is 24.3 Å². The number of halogens is 1. The van der Waals surface area contributed by atoms with Crippen LogP contribution in [0.25, 0.3) is 11.1 Å². The minimum Gasteiger partial charge on any atom is -0.391 e. The van der Waals surface area contributed by atoms with Gasteiger partial charge in [0.1, 0.15) is 5.82 Å². The minimum absolute atomic E-state index is 0.189. The lowest BCUT2D eigenvalue weighted by Gasteiger charge is -2.09. The summed E-state index contributed by atoms with van der Waals surface area (Å²) in [4.78, 5) is 5.76. The number of aliphatic imine (C=N–C) groups is 1. The molecule has 0 saturated carbocycles. The third kappa shape index (κ3) is 4.37. The van der Waals surface area contributed by atoms with Crippen LogP contribution in [-0.2, 0) is 19.4 Å². The highest BCUT2D eigenvalue weighted by atomic mass is 19.1. The first kappa shape index (κ1) is 19.6. The van der Waals surface area contributed by atoms with E-state index < -0.39 is 0 Å². The van der Waals surface area contributed by atoms with Crippen LogP contribution in [0, 0.1) is 5.82 Å². The molecule has 0 spiro atoms. The van der Waals surface area contributed by atoms with Gasteiger partial charge in [-0.1, -0.05) is 47.6 Å². The fraction of sp³-hybridized carbons (Fsp3) is 0.238. The molecule has 0 atom stereocenters. The summed E-state index contributed by atoms with van der Waals surface area (Å²) in [6.45, 7) is -0.264. The maximum atomic E-state index is 14.5. The summed E-state index contributed by atoms with van der Waals surface area (Å²) in [7, 11) is 3.50. The van der Waals surface area contributed by atoms with Gasteiger partial charge in [0.25, 0.3) is 5.88 Å². The normalized spacial score (nSPS) is 11.6. The van der Waals surface area contributed by atoms with Crippen LogP contribution in [0.3, 0.4) is 0 Å². The molecule has 1 heterocycles. The fourth-order valence-electron chi connectivity index (χ4n) is 2.81. The van der Waals surface area contributed by atoms with E-state index in [1.54, 1.807) is 25.1 Å². The van der Waals surface area contributed by atoms with Gasteiger partial charge in [0.05, 0.1) is 17.9 Å². The molecule has 7 heteroatoms. The maximum absolute atomic E-state index is 14.5. The summed E-state index contributed by atoms with van der Waals surface area (Å²) < 4.78 is 19.7. The second-order valence-electron chi connectivity index (χ2n) is 6.62. The molecule has 0 fully saturated rings. The van der Waals surface area contributed by atoms with Gasteiger partial charge in [-0.3, -0.25) is 0 Å². The highest BCUT2D eigenvalue weighted by Crippen LogP contribution is 2.26. The third-order valence-electron chi connectivity index (χ3n) is 4.45. The van der Waals surface area contributed by atoms with Crippen molar-refractivity contribution in [2.75, 3.05) is 14.1 Å². The number of aliphatic hydroxyl groups excluding tert-OH is 1. The van der Waals surface area contributed by atoms with Gasteiger partial charge in [0, 0.05) is 19.7 Å². The van der Waals surface area contributed by atoms with E-state index in [2.05, 4.69) is 10.1 Å². The van der Waals surface area contributed by atoms with Gasteiger partial charge in [-0.2, -0.15) is 4.99 Å². The van der Waals surface area contributed by atoms with E-state index in [1.807, 2.05) is 36.4 Å². The number of hydrogen-bond donors (Lipinski definition) is 2. The Labute approximate surface area is 163 Å². The Hall–Kier alpha value is -3.19. The molecule has 3 aromatic rings. The fourth-order valence-corrected chi connectivity index (χ4v) is 2.81. The highest BCUT2D eigenvalue weighted by molar-refractivity contribution is 5.80. The molecule has 2 aromatic carbocycles. The molecule has 0 bridgehead atoms. The van der Waals surface area contributed by atoms with Gasteiger partial charge in [0.2, 0.25) is 0 Å². The van der Waals surface area contributed by atoms with Crippen LogP contribution in [0.15, 0.2) is 58.0 Å². The standard InChI is InChI=1S/C21H23FN4O2/c1-26(2)21(23)24-20-17(13-27)19(25-28-20)11-9-14-8-10-16(18(22)12-14)15-6-4-3-5-7-15/h3-8,10,12,27H,9,11,13H2,1-2H3,(H2,23,24). The van der Waals surface area contributed by atoms with Gasteiger partial charge in [-0.05, 0) is 30.0 Å². The number of nitrogens with zero attached hydrogens (tertiary/aromatic N) is 3. The van der Waals surface area contributed by atoms with Crippen molar-refractivity contribution in [3.05, 3.63) is 71.2 Å². The van der Waals surface area contributed by atoms with Crippen LogP contribution in [-0.4, -0.2) is 35.2 Å². The zero-order chi connectivity index (χ0) is 20.1. The van der Waals surface area contributed by atoms with Crippen LogP contribution in [0.4, 0.5) is 10.3 Å². The molecular weight excluding hydrogens is 359 g/mol. The van der Waals surface area contributed by atoms with Crippen LogP contribution in [0.1, 0.15) is 16.8 Å². The van der Waals surface area contributed by atoms with E-state index >= 15 is 0 Å². The molecule has 0 unspecified atom stereocenters. The molecule has 0 radical (unpaired) electrons. The van der Waals surface area contributed by atoms with Crippen molar-refractivity contribution in [1.29, 1.82) is 0 Å². The first-order chi connectivity index (χ1) is 13.5. The summed E-state index contributed by atoms with van der Waals surface area (Å²) >= 11 is 0. The molecule has 0 amide bonds. The largest absolute Gasteiger partial charge is 0.391 e. The van der Waals surface area contributed by atoms with Crippen molar-refractivity contribution in [3.63, 3.8) is 0 Å². The number of rotatable bonds is 6. The Morgan fingerprint density at radius 3 is 2.57 bits per heavy atom. The summed E-state index contributed by atoms with van der Waals surface area (Å²) in [6.07, 6.45) is 1.04. The Kier molecular flexibility index (Phi) is 6.06. The number of aryl methyl sites for hydroxylation is 2. The SMILES string of the molecule is CN(C)C(N)=Nc1onc(CCc2ccc(-c3ccccc3)c(F)c2)c1CO. The molecule has 146 valence electrons. The highest BCUT2D eigenvalue weighted by Gasteiger charge is 2.16. The maximum Gasteiger partial charge on any atom is 0.259 e.